The fourth-order valence-electron chi connectivity index (χ4n) is 2.92. The highest BCUT2D eigenvalue weighted by molar-refractivity contribution is 14.0. The number of ether oxygens (including phenoxy) is 3. The van der Waals surface area contributed by atoms with E-state index in [4.69, 9.17) is 14.2 Å². The molecule has 7 nitrogen and oxygen atoms in total. The molecule has 8 heteroatoms. The molecule has 0 saturated carbocycles. The Morgan fingerprint density at radius 2 is 1.96 bits per heavy atom. The predicted molar refractivity (Wildman–Crippen MR) is 120 cm³/mol. The van der Waals surface area contributed by atoms with E-state index in [1.807, 2.05) is 18.2 Å². The van der Waals surface area contributed by atoms with Crippen LogP contribution in [-0.4, -0.2) is 71.0 Å². The first-order valence-electron chi connectivity index (χ1n) is 9.30. The zero-order chi connectivity index (χ0) is 18.6. The standard InChI is InChI=1S/C19H32N4O3.HI/c1-4-20-19(21-9-6-10-23-11-13-26-14-12-23)22-15-16-7-5-8-17(24-2)18(16)25-3;/h5,7-8H,4,6,9-15H2,1-3H3,(H2,20,21,22);1H. The quantitative estimate of drug-likeness (QED) is 0.238. The van der Waals surface area contributed by atoms with Crippen LogP contribution in [0.4, 0.5) is 0 Å². The highest BCUT2D eigenvalue weighted by atomic mass is 127. The Hall–Kier alpha value is -1.26. The second-order valence-electron chi connectivity index (χ2n) is 6.08. The minimum atomic E-state index is 0. The first-order valence-corrected chi connectivity index (χ1v) is 9.30. The van der Waals surface area contributed by atoms with Crippen molar-refractivity contribution in [3.05, 3.63) is 23.8 Å². The number of nitrogens with one attached hydrogen (secondary N) is 2. The molecule has 2 rings (SSSR count). The average Bonchev–Trinajstić information content (AvgIpc) is 2.69. The number of methoxy groups -OCH3 is 2. The van der Waals surface area contributed by atoms with Crippen LogP contribution in [0.15, 0.2) is 23.2 Å². The number of benzene rings is 1. The molecule has 1 aromatic rings. The van der Waals surface area contributed by atoms with Crippen LogP contribution >= 0.6 is 24.0 Å². The van der Waals surface area contributed by atoms with Crippen LogP contribution in [0, 0.1) is 0 Å². The first kappa shape index (κ1) is 23.8. The largest absolute Gasteiger partial charge is 0.493 e. The Morgan fingerprint density at radius 3 is 2.63 bits per heavy atom. The number of morpholine rings is 1. The molecule has 0 atom stereocenters. The summed E-state index contributed by atoms with van der Waals surface area (Å²) in [5.41, 5.74) is 0.998. The van der Waals surface area contributed by atoms with Crippen LogP contribution in [0.3, 0.4) is 0 Å². The van der Waals surface area contributed by atoms with Gasteiger partial charge in [0.15, 0.2) is 17.5 Å². The van der Waals surface area contributed by atoms with E-state index in [0.717, 1.165) is 75.4 Å². The highest BCUT2D eigenvalue weighted by Crippen LogP contribution is 2.30. The van der Waals surface area contributed by atoms with Gasteiger partial charge in [-0.15, -0.1) is 24.0 Å². The third kappa shape index (κ3) is 8.10. The van der Waals surface area contributed by atoms with Gasteiger partial charge < -0.3 is 24.8 Å². The molecule has 1 aromatic carbocycles. The van der Waals surface area contributed by atoms with Gasteiger partial charge in [0, 0.05) is 31.7 Å². The molecule has 0 spiro atoms. The normalized spacial score (nSPS) is 15.0. The van der Waals surface area contributed by atoms with Crippen molar-refractivity contribution < 1.29 is 14.2 Å². The van der Waals surface area contributed by atoms with Gasteiger partial charge in [0.05, 0.1) is 34.0 Å². The van der Waals surface area contributed by atoms with Crippen molar-refractivity contribution in [1.29, 1.82) is 0 Å². The number of halogens is 1. The molecule has 27 heavy (non-hydrogen) atoms. The molecule has 0 radical (unpaired) electrons. The van der Waals surface area contributed by atoms with Gasteiger partial charge >= 0.3 is 0 Å². The average molecular weight is 492 g/mol. The third-order valence-electron chi connectivity index (χ3n) is 4.28. The van der Waals surface area contributed by atoms with E-state index >= 15 is 0 Å². The van der Waals surface area contributed by atoms with E-state index in [-0.39, 0.29) is 24.0 Å². The molecule has 0 aromatic heterocycles. The monoisotopic (exact) mass is 492 g/mol. The molecule has 154 valence electrons. The lowest BCUT2D eigenvalue weighted by Gasteiger charge is -2.26. The van der Waals surface area contributed by atoms with Gasteiger partial charge in [-0.05, 0) is 26.0 Å². The van der Waals surface area contributed by atoms with Gasteiger partial charge in [0.25, 0.3) is 0 Å². The number of rotatable bonds is 9. The molecule has 1 saturated heterocycles. The Kier molecular flexibility index (Phi) is 12.2. The SMILES string of the molecule is CCNC(=NCc1cccc(OC)c1OC)NCCCN1CCOCC1.I. The number of para-hydroxylation sites is 1. The van der Waals surface area contributed by atoms with Crippen LogP contribution < -0.4 is 20.1 Å². The first-order chi connectivity index (χ1) is 12.8. The Bertz CT molecular complexity index is 566. The predicted octanol–water partition coefficient (Wildman–Crippen LogP) is 2.10. The van der Waals surface area contributed by atoms with Gasteiger partial charge in [-0.25, -0.2) is 4.99 Å². The molecule has 1 aliphatic heterocycles. The maximum absolute atomic E-state index is 5.47. The van der Waals surface area contributed by atoms with Crippen LogP contribution in [0.5, 0.6) is 11.5 Å². The summed E-state index contributed by atoms with van der Waals surface area (Å²) in [7, 11) is 3.30. The molecule has 1 heterocycles. The van der Waals surface area contributed by atoms with Crippen molar-refractivity contribution in [2.24, 2.45) is 4.99 Å². The number of hydrogen-bond donors (Lipinski definition) is 2. The Labute approximate surface area is 179 Å². The molecule has 2 N–H and O–H groups in total. The fraction of sp³-hybridized carbons (Fsp3) is 0.632. The van der Waals surface area contributed by atoms with Crippen molar-refractivity contribution in [2.75, 3.05) is 60.2 Å². The smallest absolute Gasteiger partial charge is 0.191 e. The summed E-state index contributed by atoms with van der Waals surface area (Å²) in [6.45, 7) is 9.14. The van der Waals surface area contributed by atoms with Crippen molar-refractivity contribution in [3.8, 4) is 11.5 Å². The molecule has 0 amide bonds. The van der Waals surface area contributed by atoms with Gasteiger partial charge in [0.1, 0.15) is 0 Å². The molecule has 0 unspecified atom stereocenters. The lowest BCUT2D eigenvalue weighted by molar-refractivity contribution is 0.0376. The minimum absolute atomic E-state index is 0. The summed E-state index contributed by atoms with van der Waals surface area (Å²) in [5, 5.41) is 6.70. The van der Waals surface area contributed by atoms with Gasteiger partial charge in [-0.1, -0.05) is 12.1 Å². The van der Waals surface area contributed by atoms with E-state index in [9.17, 15) is 0 Å². The highest BCUT2D eigenvalue weighted by Gasteiger charge is 2.10. The fourth-order valence-corrected chi connectivity index (χ4v) is 2.92. The summed E-state index contributed by atoms with van der Waals surface area (Å²) in [4.78, 5) is 7.12. The Morgan fingerprint density at radius 1 is 1.19 bits per heavy atom. The van der Waals surface area contributed by atoms with Crippen LogP contribution in [0.25, 0.3) is 0 Å². The van der Waals surface area contributed by atoms with Crippen molar-refractivity contribution in [3.63, 3.8) is 0 Å². The maximum Gasteiger partial charge on any atom is 0.191 e. The van der Waals surface area contributed by atoms with Crippen LogP contribution in [0.2, 0.25) is 0 Å². The van der Waals surface area contributed by atoms with Gasteiger partial charge in [-0.3, -0.25) is 4.90 Å². The number of nitrogens with zero attached hydrogens (tertiary/aromatic N) is 2. The lowest BCUT2D eigenvalue weighted by Crippen LogP contribution is -2.40. The lowest BCUT2D eigenvalue weighted by atomic mass is 10.2. The molecule has 0 bridgehead atoms. The number of aliphatic imine (C=N–C) groups is 1. The second-order valence-corrected chi connectivity index (χ2v) is 6.08. The molecule has 0 aliphatic carbocycles. The number of hydrogen-bond acceptors (Lipinski definition) is 5. The zero-order valence-electron chi connectivity index (χ0n) is 16.6. The summed E-state index contributed by atoms with van der Waals surface area (Å²) >= 11 is 0. The summed E-state index contributed by atoms with van der Waals surface area (Å²) in [6, 6.07) is 5.85. The van der Waals surface area contributed by atoms with E-state index in [0.29, 0.717) is 6.54 Å². The molecule has 1 aliphatic rings. The van der Waals surface area contributed by atoms with E-state index in [1.165, 1.54) is 0 Å². The number of guanidine groups is 1. The van der Waals surface area contributed by atoms with Crippen molar-refractivity contribution in [2.45, 2.75) is 19.9 Å². The Balaban J connectivity index is 0.00000364. The van der Waals surface area contributed by atoms with E-state index < -0.39 is 0 Å². The summed E-state index contributed by atoms with van der Waals surface area (Å²) < 4.78 is 16.2. The van der Waals surface area contributed by atoms with Gasteiger partial charge in [-0.2, -0.15) is 0 Å². The topological polar surface area (TPSA) is 67.4 Å². The minimum Gasteiger partial charge on any atom is -0.493 e. The summed E-state index contributed by atoms with van der Waals surface area (Å²) in [5.74, 6) is 2.28. The van der Waals surface area contributed by atoms with Crippen LogP contribution in [-0.2, 0) is 11.3 Å². The molecular weight excluding hydrogens is 459 g/mol. The van der Waals surface area contributed by atoms with Crippen molar-refractivity contribution in [1.82, 2.24) is 15.5 Å². The third-order valence-corrected chi connectivity index (χ3v) is 4.28. The van der Waals surface area contributed by atoms with E-state index in [1.54, 1.807) is 14.2 Å². The zero-order valence-corrected chi connectivity index (χ0v) is 19.0. The van der Waals surface area contributed by atoms with Gasteiger partial charge in [0.2, 0.25) is 0 Å². The molecular formula is C19H33IN4O3. The van der Waals surface area contributed by atoms with Crippen LogP contribution in [0.1, 0.15) is 18.9 Å². The van der Waals surface area contributed by atoms with E-state index in [2.05, 4.69) is 27.4 Å². The maximum atomic E-state index is 5.47. The van der Waals surface area contributed by atoms with Crippen molar-refractivity contribution >= 4 is 29.9 Å². The molecule has 1 fully saturated rings. The summed E-state index contributed by atoms with van der Waals surface area (Å²) in [6.07, 6.45) is 1.08. The second kappa shape index (κ2) is 13.8.